The highest BCUT2D eigenvalue weighted by Gasteiger charge is 2.29. The quantitative estimate of drug-likeness (QED) is 0.674. The number of para-hydroxylation sites is 1. The van der Waals surface area contributed by atoms with Crippen molar-refractivity contribution in [2.75, 3.05) is 31.1 Å². The van der Waals surface area contributed by atoms with Gasteiger partial charge in [-0.15, -0.1) is 0 Å². The highest BCUT2D eigenvalue weighted by Crippen LogP contribution is 2.17. The fourth-order valence-electron chi connectivity index (χ4n) is 3.93. The molecule has 5 heteroatoms. The first-order valence-corrected chi connectivity index (χ1v) is 10.7. The molecule has 0 aliphatic carbocycles. The molecule has 3 aromatic carbocycles. The summed E-state index contributed by atoms with van der Waals surface area (Å²) in [5, 5.41) is 2.98. The zero-order chi connectivity index (χ0) is 21.5. The van der Waals surface area contributed by atoms with Gasteiger partial charge >= 0.3 is 0 Å². The van der Waals surface area contributed by atoms with Gasteiger partial charge in [-0.1, -0.05) is 66.7 Å². The molecule has 0 bridgehead atoms. The van der Waals surface area contributed by atoms with E-state index < -0.39 is 6.04 Å². The third kappa shape index (κ3) is 5.31. The van der Waals surface area contributed by atoms with Crippen LogP contribution in [0.5, 0.6) is 0 Å². The molecule has 3 aromatic rings. The lowest BCUT2D eigenvalue weighted by Gasteiger charge is -2.37. The molecule has 0 aromatic heterocycles. The second-order valence-electron chi connectivity index (χ2n) is 7.73. The predicted octanol–water partition coefficient (Wildman–Crippen LogP) is 3.38. The molecule has 1 N–H and O–H groups in total. The summed E-state index contributed by atoms with van der Waals surface area (Å²) in [6.07, 6.45) is 0.469. The smallest absolute Gasteiger partial charge is 0.251 e. The third-order valence-electron chi connectivity index (χ3n) is 5.63. The minimum atomic E-state index is -0.599. The molecule has 5 nitrogen and oxygen atoms in total. The lowest BCUT2D eigenvalue weighted by molar-refractivity contribution is -0.133. The second kappa shape index (κ2) is 9.94. The zero-order valence-corrected chi connectivity index (χ0v) is 17.5. The second-order valence-corrected chi connectivity index (χ2v) is 7.73. The average Bonchev–Trinajstić information content (AvgIpc) is 2.85. The number of nitrogens with zero attached hydrogens (tertiary/aromatic N) is 2. The number of hydrogen-bond acceptors (Lipinski definition) is 3. The van der Waals surface area contributed by atoms with Crippen LogP contribution in [0.1, 0.15) is 15.9 Å². The largest absolute Gasteiger partial charge is 0.368 e. The summed E-state index contributed by atoms with van der Waals surface area (Å²) in [6.45, 7) is 2.83. The summed E-state index contributed by atoms with van der Waals surface area (Å²) in [5.41, 5.74) is 2.76. The maximum absolute atomic E-state index is 13.4. The summed E-state index contributed by atoms with van der Waals surface area (Å²) in [5.74, 6) is -0.251. The van der Waals surface area contributed by atoms with Crippen molar-refractivity contribution >= 4 is 17.5 Å². The maximum Gasteiger partial charge on any atom is 0.251 e. The number of carbonyl (C=O) groups is 2. The summed E-state index contributed by atoms with van der Waals surface area (Å²) in [4.78, 5) is 30.3. The third-order valence-corrected chi connectivity index (χ3v) is 5.63. The molecule has 31 heavy (non-hydrogen) atoms. The normalized spacial score (nSPS) is 14.7. The minimum Gasteiger partial charge on any atom is -0.368 e. The highest BCUT2D eigenvalue weighted by atomic mass is 16.2. The molecule has 1 atom stereocenters. The number of rotatable bonds is 6. The van der Waals surface area contributed by atoms with Crippen LogP contribution in [0.2, 0.25) is 0 Å². The van der Waals surface area contributed by atoms with E-state index in [1.54, 1.807) is 12.1 Å². The number of benzene rings is 3. The van der Waals surface area contributed by atoms with Gasteiger partial charge in [0.2, 0.25) is 5.91 Å². The van der Waals surface area contributed by atoms with Gasteiger partial charge in [0.1, 0.15) is 6.04 Å². The van der Waals surface area contributed by atoms with Gasteiger partial charge in [-0.2, -0.15) is 0 Å². The lowest BCUT2D eigenvalue weighted by atomic mass is 10.0. The van der Waals surface area contributed by atoms with E-state index in [1.165, 1.54) is 5.69 Å². The van der Waals surface area contributed by atoms with Crippen LogP contribution in [-0.4, -0.2) is 48.9 Å². The van der Waals surface area contributed by atoms with E-state index in [1.807, 2.05) is 71.6 Å². The van der Waals surface area contributed by atoms with Gasteiger partial charge in [-0.25, -0.2) is 0 Å². The summed E-state index contributed by atoms with van der Waals surface area (Å²) >= 11 is 0. The van der Waals surface area contributed by atoms with Gasteiger partial charge in [0, 0.05) is 43.9 Å². The van der Waals surface area contributed by atoms with E-state index in [9.17, 15) is 9.59 Å². The van der Waals surface area contributed by atoms with Crippen LogP contribution in [0.15, 0.2) is 91.0 Å². The van der Waals surface area contributed by atoms with E-state index in [0.29, 0.717) is 25.1 Å². The minimum absolute atomic E-state index is 0.0270. The van der Waals surface area contributed by atoms with Gasteiger partial charge < -0.3 is 15.1 Å². The van der Waals surface area contributed by atoms with Crippen molar-refractivity contribution in [1.29, 1.82) is 0 Å². The predicted molar refractivity (Wildman–Crippen MR) is 123 cm³/mol. The number of carbonyl (C=O) groups excluding carboxylic acids is 2. The fourth-order valence-corrected chi connectivity index (χ4v) is 3.93. The van der Waals surface area contributed by atoms with Gasteiger partial charge in [0.25, 0.3) is 5.91 Å². The summed E-state index contributed by atoms with van der Waals surface area (Å²) in [6, 6.07) is 28.5. The number of nitrogens with one attached hydrogen (secondary N) is 1. The molecule has 1 fully saturated rings. The van der Waals surface area contributed by atoms with Crippen molar-refractivity contribution in [1.82, 2.24) is 10.2 Å². The first-order chi connectivity index (χ1) is 15.2. The van der Waals surface area contributed by atoms with Gasteiger partial charge in [-0.3, -0.25) is 9.59 Å². The van der Waals surface area contributed by atoms with Gasteiger partial charge in [-0.05, 0) is 29.8 Å². The Kier molecular flexibility index (Phi) is 6.62. The van der Waals surface area contributed by atoms with E-state index >= 15 is 0 Å². The SMILES string of the molecule is O=C(N[C@H](Cc1ccccc1)C(=O)N1CCN(c2ccccc2)CC1)c1ccccc1. The number of amides is 2. The first-order valence-electron chi connectivity index (χ1n) is 10.7. The average molecular weight is 414 g/mol. The van der Waals surface area contributed by atoms with Crippen molar-refractivity contribution in [2.24, 2.45) is 0 Å². The molecule has 158 valence electrons. The van der Waals surface area contributed by atoms with E-state index in [0.717, 1.165) is 18.7 Å². The molecule has 1 heterocycles. The molecular formula is C26H27N3O2. The molecule has 1 aliphatic heterocycles. The Morgan fingerprint density at radius 2 is 1.29 bits per heavy atom. The van der Waals surface area contributed by atoms with E-state index in [2.05, 4.69) is 22.3 Å². The highest BCUT2D eigenvalue weighted by molar-refractivity contribution is 5.97. The summed E-state index contributed by atoms with van der Waals surface area (Å²) < 4.78 is 0. The van der Waals surface area contributed by atoms with Crippen molar-refractivity contribution in [3.63, 3.8) is 0 Å². The Morgan fingerprint density at radius 3 is 1.90 bits per heavy atom. The van der Waals surface area contributed by atoms with Crippen molar-refractivity contribution in [3.8, 4) is 0 Å². The maximum atomic E-state index is 13.4. The molecule has 0 saturated carbocycles. The van der Waals surface area contributed by atoms with E-state index in [-0.39, 0.29) is 11.8 Å². The Labute approximate surface area is 183 Å². The Hall–Kier alpha value is -3.60. The van der Waals surface area contributed by atoms with Crippen molar-refractivity contribution < 1.29 is 9.59 Å². The molecule has 1 saturated heterocycles. The van der Waals surface area contributed by atoms with Gasteiger partial charge in [0.15, 0.2) is 0 Å². The van der Waals surface area contributed by atoms with Crippen LogP contribution in [0.4, 0.5) is 5.69 Å². The molecule has 0 spiro atoms. The van der Waals surface area contributed by atoms with Crippen LogP contribution in [0, 0.1) is 0 Å². The molecule has 0 unspecified atom stereocenters. The van der Waals surface area contributed by atoms with Crippen molar-refractivity contribution in [2.45, 2.75) is 12.5 Å². The molecular weight excluding hydrogens is 386 g/mol. The first kappa shape index (κ1) is 20.7. The zero-order valence-electron chi connectivity index (χ0n) is 17.5. The number of piperazine rings is 1. The van der Waals surface area contributed by atoms with Crippen molar-refractivity contribution in [3.05, 3.63) is 102 Å². The monoisotopic (exact) mass is 413 g/mol. The Morgan fingerprint density at radius 1 is 0.742 bits per heavy atom. The number of hydrogen-bond donors (Lipinski definition) is 1. The van der Waals surface area contributed by atoms with Crippen LogP contribution in [0.3, 0.4) is 0 Å². The molecule has 1 aliphatic rings. The lowest BCUT2D eigenvalue weighted by Crippen LogP contribution is -2.55. The van der Waals surface area contributed by atoms with Gasteiger partial charge in [0.05, 0.1) is 0 Å². The fraction of sp³-hybridized carbons (Fsp3) is 0.231. The van der Waals surface area contributed by atoms with Crippen LogP contribution in [0.25, 0.3) is 0 Å². The topological polar surface area (TPSA) is 52.7 Å². The number of anilines is 1. The standard InChI is InChI=1S/C26H27N3O2/c30-25(22-12-6-2-7-13-22)27-24(20-21-10-4-1-5-11-21)26(31)29-18-16-28(17-19-29)23-14-8-3-9-15-23/h1-15,24H,16-20H2,(H,27,30)/t24-/m1/s1. The Balaban J connectivity index is 1.45. The van der Waals surface area contributed by atoms with Crippen LogP contribution < -0.4 is 10.2 Å². The Bertz CT molecular complexity index is 985. The summed E-state index contributed by atoms with van der Waals surface area (Å²) in [7, 11) is 0. The van der Waals surface area contributed by atoms with Crippen LogP contribution >= 0.6 is 0 Å². The molecule has 2 amide bonds. The van der Waals surface area contributed by atoms with Crippen LogP contribution in [-0.2, 0) is 11.2 Å². The molecule has 0 radical (unpaired) electrons. The van der Waals surface area contributed by atoms with E-state index in [4.69, 9.17) is 0 Å². The molecule has 4 rings (SSSR count).